The Kier molecular flexibility index (Phi) is 4.15. The number of nitrogens with zero attached hydrogens (tertiary/aromatic N) is 4. The number of benzene rings is 1. The predicted octanol–water partition coefficient (Wildman–Crippen LogP) is 4.28. The van der Waals surface area contributed by atoms with Crippen LogP contribution >= 0.6 is 0 Å². The maximum atomic E-state index is 13.8. The molecule has 0 unspecified atom stereocenters. The lowest BCUT2D eigenvalue weighted by atomic mass is 10.1. The van der Waals surface area contributed by atoms with Crippen molar-refractivity contribution in [3.05, 3.63) is 83.9 Å². The molecule has 0 bridgehead atoms. The van der Waals surface area contributed by atoms with Gasteiger partial charge in [-0.2, -0.15) is 0 Å². The molecule has 3 aromatic heterocycles. The van der Waals surface area contributed by atoms with E-state index in [0.29, 0.717) is 12.4 Å². The molecular formula is C20H15FN6. The fourth-order valence-corrected chi connectivity index (χ4v) is 3.09. The van der Waals surface area contributed by atoms with Gasteiger partial charge in [0.25, 0.3) is 5.69 Å². The number of nitrogen functional groups attached to an aromatic ring is 1. The van der Waals surface area contributed by atoms with E-state index in [2.05, 4.69) is 20.1 Å². The van der Waals surface area contributed by atoms with E-state index < -0.39 is 0 Å². The number of nitrogens with two attached hydrogens (primary N) is 1. The van der Waals surface area contributed by atoms with Crippen LogP contribution in [0.3, 0.4) is 0 Å². The van der Waals surface area contributed by atoms with Gasteiger partial charge in [-0.1, -0.05) is 18.2 Å². The number of pyridine rings is 1. The molecule has 0 aliphatic heterocycles. The lowest BCUT2D eigenvalue weighted by Crippen LogP contribution is -2.04. The molecule has 0 saturated heterocycles. The van der Waals surface area contributed by atoms with Crippen LogP contribution in [0.25, 0.3) is 21.6 Å². The van der Waals surface area contributed by atoms with Crippen LogP contribution in [0.1, 0.15) is 5.56 Å². The summed E-state index contributed by atoms with van der Waals surface area (Å²) in [6.45, 7) is 7.67. The monoisotopic (exact) mass is 358 g/mol. The topological polar surface area (TPSA) is 72.6 Å². The molecule has 0 aliphatic carbocycles. The highest BCUT2D eigenvalue weighted by atomic mass is 19.1. The minimum Gasteiger partial charge on any atom is -0.392 e. The summed E-state index contributed by atoms with van der Waals surface area (Å²) in [5.41, 5.74) is 9.52. The van der Waals surface area contributed by atoms with Gasteiger partial charge in [-0.25, -0.2) is 19.2 Å². The van der Waals surface area contributed by atoms with Crippen LogP contribution in [-0.4, -0.2) is 14.4 Å². The summed E-state index contributed by atoms with van der Waals surface area (Å²) in [6, 6.07) is 14.4. The Labute approximate surface area is 154 Å². The number of hydrogen-bond donors (Lipinski definition) is 2. The summed E-state index contributed by atoms with van der Waals surface area (Å²) in [5.74, 6) is 0.212. The van der Waals surface area contributed by atoms with Crippen molar-refractivity contribution >= 4 is 22.8 Å². The van der Waals surface area contributed by atoms with Gasteiger partial charge in [0.15, 0.2) is 0 Å². The number of halogens is 1. The van der Waals surface area contributed by atoms with Gasteiger partial charge in [-0.15, -0.1) is 0 Å². The molecule has 7 heteroatoms. The predicted molar refractivity (Wildman–Crippen MR) is 103 cm³/mol. The number of anilines is 2. The van der Waals surface area contributed by atoms with Crippen molar-refractivity contribution in [2.24, 2.45) is 0 Å². The highest BCUT2D eigenvalue weighted by molar-refractivity contribution is 5.77. The minimum absolute atomic E-state index is 0.134. The lowest BCUT2D eigenvalue weighted by molar-refractivity contribution is 0.628. The largest absolute Gasteiger partial charge is 0.392 e. The van der Waals surface area contributed by atoms with Crippen LogP contribution in [0.4, 0.5) is 21.7 Å². The van der Waals surface area contributed by atoms with Gasteiger partial charge in [-0.05, 0) is 35.9 Å². The van der Waals surface area contributed by atoms with Crippen LogP contribution in [0.5, 0.6) is 0 Å². The first-order chi connectivity index (χ1) is 13.2. The zero-order valence-electron chi connectivity index (χ0n) is 14.2. The summed E-state index contributed by atoms with van der Waals surface area (Å²) in [7, 11) is 0. The maximum absolute atomic E-state index is 13.8. The molecule has 0 amide bonds. The van der Waals surface area contributed by atoms with Gasteiger partial charge in [0, 0.05) is 23.8 Å². The van der Waals surface area contributed by atoms with Crippen molar-refractivity contribution in [3.8, 4) is 11.3 Å². The van der Waals surface area contributed by atoms with Crippen LogP contribution in [0, 0.1) is 12.4 Å². The number of fused-ring (bicyclic) bond motifs is 1. The molecule has 4 aromatic rings. The second-order valence-corrected chi connectivity index (χ2v) is 5.95. The first-order valence-corrected chi connectivity index (χ1v) is 8.24. The summed E-state index contributed by atoms with van der Waals surface area (Å²) in [5, 5.41) is 3.16. The molecule has 0 spiro atoms. The quantitative estimate of drug-likeness (QED) is 0.534. The zero-order chi connectivity index (χ0) is 18.8. The van der Waals surface area contributed by atoms with Gasteiger partial charge >= 0.3 is 0 Å². The average molecular weight is 358 g/mol. The fraction of sp³-hybridized carbons (Fsp3) is 0.0500. The maximum Gasteiger partial charge on any atom is 0.268 e. The summed E-state index contributed by atoms with van der Waals surface area (Å²) >= 11 is 0. The third-order valence-corrected chi connectivity index (χ3v) is 4.27. The van der Waals surface area contributed by atoms with Crippen molar-refractivity contribution in [2.45, 2.75) is 6.54 Å². The second kappa shape index (κ2) is 6.77. The number of nitrogens with one attached hydrogen (secondary N) is 1. The van der Waals surface area contributed by atoms with E-state index in [1.165, 1.54) is 18.5 Å². The number of hydrogen-bond acceptors (Lipinski definition) is 4. The molecular weight excluding hydrogens is 343 g/mol. The van der Waals surface area contributed by atoms with Crippen molar-refractivity contribution in [3.63, 3.8) is 0 Å². The molecule has 0 saturated carbocycles. The van der Waals surface area contributed by atoms with E-state index in [-0.39, 0.29) is 17.3 Å². The number of rotatable bonds is 4. The average Bonchev–Trinajstić information content (AvgIpc) is 3.04. The van der Waals surface area contributed by atoms with E-state index in [1.54, 1.807) is 6.07 Å². The fourth-order valence-electron chi connectivity index (χ4n) is 3.09. The van der Waals surface area contributed by atoms with E-state index in [9.17, 15) is 4.39 Å². The first kappa shape index (κ1) is 16.5. The van der Waals surface area contributed by atoms with E-state index in [0.717, 1.165) is 22.3 Å². The van der Waals surface area contributed by atoms with Gasteiger partial charge in [0.05, 0.1) is 12.3 Å². The minimum atomic E-state index is -0.295. The smallest absolute Gasteiger partial charge is 0.268 e. The first-order valence-electron chi connectivity index (χ1n) is 8.24. The molecule has 0 fully saturated rings. The summed E-state index contributed by atoms with van der Waals surface area (Å²) in [4.78, 5) is 11.4. The van der Waals surface area contributed by atoms with Crippen molar-refractivity contribution < 1.29 is 4.39 Å². The molecule has 0 radical (unpaired) electrons. The van der Waals surface area contributed by atoms with Crippen molar-refractivity contribution in [1.82, 2.24) is 14.4 Å². The van der Waals surface area contributed by atoms with Crippen LogP contribution in [0.15, 0.2) is 61.1 Å². The molecule has 4 rings (SSSR count). The van der Waals surface area contributed by atoms with E-state index in [4.69, 9.17) is 12.3 Å². The SMILES string of the molecule is [C-]#[N+]c1c(N)ncnc1NCc1cc2ccccn2c1-c1cccc(F)c1. The van der Waals surface area contributed by atoms with Crippen molar-refractivity contribution in [2.75, 3.05) is 11.1 Å². The van der Waals surface area contributed by atoms with Gasteiger partial charge in [-0.3, -0.25) is 0 Å². The van der Waals surface area contributed by atoms with Crippen LogP contribution in [-0.2, 0) is 6.54 Å². The van der Waals surface area contributed by atoms with Gasteiger partial charge in [0.2, 0.25) is 0 Å². The number of aromatic nitrogens is 3. The molecule has 3 heterocycles. The summed E-state index contributed by atoms with van der Waals surface area (Å²) in [6.07, 6.45) is 3.25. The Balaban J connectivity index is 1.78. The molecule has 3 N–H and O–H groups in total. The lowest BCUT2D eigenvalue weighted by Gasteiger charge is -2.10. The highest BCUT2D eigenvalue weighted by Crippen LogP contribution is 2.31. The molecule has 1 aromatic carbocycles. The zero-order valence-corrected chi connectivity index (χ0v) is 14.2. The molecule has 27 heavy (non-hydrogen) atoms. The standard InChI is InChI=1S/C20H15FN6/c1-23-17-19(22)25-12-26-20(17)24-11-14-10-16-7-2-3-8-27(16)18(14)13-5-4-6-15(21)9-13/h2-10,12H,11H2,(H3,22,24,25,26). The van der Waals surface area contributed by atoms with Crippen molar-refractivity contribution in [1.29, 1.82) is 0 Å². The second-order valence-electron chi connectivity index (χ2n) is 5.95. The third-order valence-electron chi connectivity index (χ3n) is 4.27. The van der Waals surface area contributed by atoms with Crippen LogP contribution < -0.4 is 11.1 Å². The summed E-state index contributed by atoms with van der Waals surface area (Å²) < 4.78 is 15.8. The third kappa shape index (κ3) is 3.04. The molecule has 0 aliphatic rings. The molecule has 0 atom stereocenters. The van der Waals surface area contributed by atoms with Gasteiger partial charge in [0.1, 0.15) is 23.8 Å². The Morgan fingerprint density at radius 2 is 2.04 bits per heavy atom. The Morgan fingerprint density at radius 3 is 2.85 bits per heavy atom. The van der Waals surface area contributed by atoms with E-state index in [1.807, 2.05) is 40.9 Å². The normalized spacial score (nSPS) is 10.7. The Hall–Kier alpha value is -3.92. The molecule has 132 valence electrons. The highest BCUT2D eigenvalue weighted by Gasteiger charge is 2.14. The van der Waals surface area contributed by atoms with Gasteiger partial charge < -0.3 is 15.5 Å². The van der Waals surface area contributed by atoms with E-state index >= 15 is 0 Å². The molecule has 6 nitrogen and oxygen atoms in total. The van der Waals surface area contributed by atoms with Crippen LogP contribution in [0.2, 0.25) is 0 Å². The Morgan fingerprint density at radius 1 is 1.15 bits per heavy atom. The Bertz CT molecular complexity index is 1170.